The summed E-state index contributed by atoms with van der Waals surface area (Å²) in [5.74, 6) is -1.67. The van der Waals surface area contributed by atoms with Crippen LogP contribution in [0.2, 0.25) is 5.02 Å². The quantitative estimate of drug-likeness (QED) is 0.488. The number of nitrogens with one attached hydrogen (secondary N) is 2. The van der Waals surface area contributed by atoms with E-state index in [1.807, 2.05) is 24.3 Å². The smallest absolute Gasteiger partial charge is 0.318 e. The van der Waals surface area contributed by atoms with E-state index < -0.39 is 11.8 Å². The second-order valence-corrected chi connectivity index (χ2v) is 5.56. The molecule has 2 rings (SSSR count). The minimum Gasteiger partial charge on any atom is -0.318 e. The van der Waals surface area contributed by atoms with Crippen LogP contribution in [-0.4, -0.2) is 18.0 Å². The Hall–Kier alpha value is -2.18. The first-order valence-electron chi connectivity index (χ1n) is 6.20. The molecule has 7 heteroatoms. The third-order valence-electron chi connectivity index (χ3n) is 2.56. The molecule has 22 heavy (non-hydrogen) atoms. The van der Waals surface area contributed by atoms with Gasteiger partial charge in [0, 0.05) is 15.2 Å². The summed E-state index contributed by atoms with van der Waals surface area (Å²) in [5.41, 5.74) is 3.42. The standard InChI is InChI=1S/C15H11BrClN3O2/c16-11-3-1-10(2-4-11)9-18-20-15(22)14(21)19-13-7-5-12(17)6-8-13/h1-9H,(H,19,21)(H,20,22)/b18-9-. The Morgan fingerprint density at radius 2 is 1.64 bits per heavy atom. The molecule has 0 aliphatic carbocycles. The van der Waals surface area contributed by atoms with Crippen molar-refractivity contribution >= 4 is 51.2 Å². The minimum absolute atomic E-state index is 0.474. The summed E-state index contributed by atoms with van der Waals surface area (Å²) in [6, 6.07) is 13.7. The van der Waals surface area contributed by atoms with Crippen molar-refractivity contribution in [2.45, 2.75) is 0 Å². The first-order valence-corrected chi connectivity index (χ1v) is 7.37. The molecule has 112 valence electrons. The van der Waals surface area contributed by atoms with Gasteiger partial charge < -0.3 is 5.32 Å². The van der Waals surface area contributed by atoms with E-state index in [0.717, 1.165) is 10.0 Å². The number of hydrogen-bond donors (Lipinski definition) is 2. The zero-order valence-corrected chi connectivity index (χ0v) is 13.6. The van der Waals surface area contributed by atoms with E-state index >= 15 is 0 Å². The summed E-state index contributed by atoms with van der Waals surface area (Å²) < 4.78 is 0.941. The number of rotatable bonds is 3. The van der Waals surface area contributed by atoms with Gasteiger partial charge in [-0.15, -0.1) is 0 Å². The number of hydrazone groups is 1. The molecule has 2 amide bonds. The monoisotopic (exact) mass is 379 g/mol. The Bertz CT molecular complexity index is 700. The predicted octanol–water partition coefficient (Wildman–Crippen LogP) is 3.19. The van der Waals surface area contributed by atoms with Crippen LogP contribution in [0.25, 0.3) is 0 Å². The molecular formula is C15H11BrClN3O2. The number of halogens is 2. The van der Waals surface area contributed by atoms with E-state index in [9.17, 15) is 9.59 Å². The lowest BCUT2D eigenvalue weighted by Gasteiger charge is -2.03. The van der Waals surface area contributed by atoms with E-state index in [1.54, 1.807) is 24.3 Å². The van der Waals surface area contributed by atoms with Crippen molar-refractivity contribution in [1.29, 1.82) is 0 Å². The molecule has 0 aliphatic heterocycles. The summed E-state index contributed by atoms with van der Waals surface area (Å²) in [4.78, 5) is 23.2. The summed E-state index contributed by atoms with van der Waals surface area (Å²) >= 11 is 9.05. The Kier molecular flexibility index (Phi) is 5.68. The zero-order chi connectivity index (χ0) is 15.9. The summed E-state index contributed by atoms with van der Waals surface area (Å²) in [7, 11) is 0. The molecule has 0 heterocycles. The van der Waals surface area contributed by atoms with Crippen LogP contribution >= 0.6 is 27.5 Å². The van der Waals surface area contributed by atoms with Crippen LogP contribution in [0.1, 0.15) is 5.56 Å². The van der Waals surface area contributed by atoms with E-state index in [2.05, 4.69) is 31.8 Å². The van der Waals surface area contributed by atoms with Crippen molar-refractivity contribution in [1.82, 2.24) is 5.43 Å². The van der Waals surface area contributed by atoms with Crippen LogP contribution in [-0.2, 0) is 9.59 Å². The lowest BCUT2D eigenvalue weighted by Crippen LogP contribution is -2.32. The molecule has 5 nitrogen and oxygen atoms in total. The zero-order valence-electron chi connectivity index (χ0n) is 11.2. The molecule has 0 aliphatic rings. The van der Waals surface area contributed by atoms with Gasteiger partial charge in [-0.25, -0.2) is 5.43 Å². The lowest BCUT2D eigenvalue weighted by molar-refractivity contribution is -0.136. The molecule has 0 fully saturated rings. The minimum atomic E-state index is -0.858. The lowest BCUT2D eigenvalue weighted by atomic mass is 10.2. The average molecular weight is 381 g/mol. The van der Waals surface area contributed by atoms with E-state index in [0.29, 0.717) is 10.7 Å². The number of hydrogen-bond acceptors (Lipinski definition) is 3. The topological polar surface area (TPSA) is 70.6 Å². The number of anilines is 1. The number of benzene rings is 2. The number of nitrogens with zero attached hydrogens (tertiary/aromatic N) is 1. The van der Waals surface area contributed by atoms with Gasteiger partial charge in [-0.2, -0.15) is 5.10 Å². The molecule has 0 radical (unpaired) electrons. The van der Waals surface area contributed by atoms with Crippen LogP contribution in [0.4, 0.5) is 5.69 Å². The van der Waals surface area contributed by atoms with E-state index in [4.69, 9.17) is 11.6 Å². The molecule has 2 aromatic carbocycles. The number of carbonyl (C=O) groups excluding carboxylic acids is 2. The first-order chi connectivity index (χ1) is 10.5. The Morgan fingerprint density at radius 3 is 2.27 bits per heavy atom. The van der Waals surface area contributed by atoms with Gasteiger partial charge in [-0.05, 0) is 42.0 Å². The van der Waals surface area contributed by atoms with Crippen molar-refractivity contribution in [2.75, 3.05) is 5.32 Å². The van der Waals surface area contributed by atoms with E-state index in [1.165, 1.54) is 6.21 Å². The fraction of sp³-hybridized carbons (Fsp3) is 0. The van der Waals surface area contributed by atoms with Gasteiger partial charge >= 0.3 is 11.8 Å². The number of amides is 2. The highest BCUT2D eigenvalue weighted by Gasteiger charge is 2.12. The fourth-order valence-electron chi connectivity index (χ4n) is 1.49. The van der Waals surface area contributed by atoms with Crippen LogP contribution in [0.3, 0.4) is 0 Å². The largest absolute Gasteiger partial charge is 0.329 e. The van der Waals surface area contributed by atoms with Gasteiger partial charge in [0.2, 0.25) is 0 Å². The summed E-state index contributed by atoms with van der Waals surface area (Å²) in [6.45, 7) is 0. The van der Waals surface area contributed by atoms with Gasteiger partial charge in [0.15, 0.2) is 0 Å². The third kappa shape index (κ3) is 4.98. The first kappa shape index (κ1) is 16.2. The van der Waals surface area contributed by atoms with Crippen LogP contribution < -0.4 is 10.7 Å². The Morgan fingerprint density at radius 1 is 1.00 bits per heavy atom. The van der Waals surface area contributed by atoms with Gasteiger partial charge in [-0.3, -0.25) is 9.59 Å². The maximum Gasteiger partial charge on any atom is 0.329 e. The second kappa shape index (κ2) is 7.72. The summed E-state index contributed by atoms with van der Waals surface area (Å²) in [5, 5.41) is 6.70. The van der Waals surface area contributed by atoms with Crippen molar-refractivity contribution in [3.63, 3.8) is 0 Å². The van der Waals surface area contributed by atoms with Gasteiger partial charge in [0.25, 0.3) is 0 Å². The second-order valence-electron chi connectivity index (χ2n) is 4.21. The van der Waals surface area contributed by atoms with Gasteiger partial charge in [0.1, 0.15) is 0 Å². The van der Waals surface area contributed by atoms with Crippen molar-refractivity contribution in [2.24, 2.45) is 5.10 Å². The molecule has 0 saturated heterocycles. The molecule has 0 atom stereocenters. The molecule has 2 aromatic rings. The molecule has 0 saturated carbocycles. The predicted molar refractivity (Wildman–Crippen MR) is 90.0 cm³/mol. The highest BCUT2D eigenvalue weighted by molar-refractivity contribution is 9.10. The summed E-state index contributed by atoms with van der Waals surface area (Å²) in [6.07, 6.45) is 1.44. The van der Waals surface area contributed by atoms with Crippen molar-refractivity contribution in [3.05, 3.63) is 63.6 Å². The molecule has 0 unspecified atom stereocenters. The van der Waals surface area contributed by atoms with Crippen molar-refractivity contribution in [3.8, 4) is 0 Å². The molecule has 0 aromatic heterocycles. The molecule has 0 spiro atoms. The maximum absolute atomic E-state index is 11.6. The van der Waals surface area contributed by atoms with Gasteiger partial charge in [-0.1, -0.05) is 39.7 Å². The van der Waals surface area contributed by atoms with Gasteiger partial charge in [0.05, 0.1) is 6.21 Å². The molecular weight excluding hydrogens is 370 g/mol. The normalized spacial score (nSPS) is 10.5. The van der Waals surface area contributed by atoms with Crippen molar-refractivity contribution < 1.29 is 9.59 Å². The molecule has 2 N–H and O–H groups in total. The van der Waals surface area contributed by atoms with Crippen LogP contribution in [0, 0.1) is 0 Å². The average Bonchev–Trinajstić information content (AvgIpc) is 2.51. The third-order valence-corrected chi connectivity index (χ3v) is 3.34. The maximum atomic E-state index is 11.6. The number of carbonyl (C=O) groups is 2. The highest BCUT2D eigenvalue weighted by Crippen LogP contribution is 2.13. The van der Waals surface area contributed by atoms with Crippen LogP contribution in [0.15, 0.2) is 58.1 Å². The van der Waals surface area contributed by atoms with E-state index in [-0.39, 0.29) is 0 Å². The fourth-order valence-corrected chi connectivity index (χ4v) is 1.88. The Balaban J connectivity index is 1.87. The highest BCUT2D eigenvalue weighted by atomic mass is 79.9. The Labute approximate surface area is 140 Å². The van der Waals surface area contributed by atoms with Crippen LogP contribution in [0.5, 0.6) is 0 Å². The SMILES string of the molecule is O=C(N/N=C\c1ccc(Br)cc1)C(=O)Nc1ccc(Cl)cc1. The molecule has 0 bridgehead atoms.